The minimum absolute atomic E-state index is 0.109. The van der Waals surface area contributed by atoms with E-state index in [1.54, 1.807) is 44.6 Å². The fraction of sp³-hybridized carbons (Fsp3) is 0.278. The molecule has 0 aliphatic rings. The molecule has 2 aromatic carbocycles. The zero-order valence-electron chi connectivity index (χ0n) is 14.2. The molecule has 2 N–H and O–H groups in total. The van der Waals surface area contributed by atoms with Crippen LogP contribution >= 0.6 is 23.2 Å². The Bertz CT molecular complexity index is 753. The summed E-state index contributed by atoms with van der Waals surface area (Å²) in [4.78, 5) is 12.2. The summed E-state index contributed by atoms with van der Waals surface area (Å²) in [6.07, 6.45) is 0. The van der Waals surface area contributed by atoms with Crippen LogP contribution < -0.4 is 20.1 Å². The summed E-state index contributed by atoms with van der Waals surface area (Å²) >= 11 is 12.1. The van der Waals surface area contributed by atoms with Gasteiger partial charge in [0.1, 0.15) is 11.5 Å². The second-order valence-electron chi connectivity index (χ2n) is 5.38. The third-order valence-corrected chi connectivity index (χ3v) is 4.24. The fourth-order valence-electron chi connectivity index (χ4n) is 2.31. The SMILES string of the molecule is COc1ccc(OC)c(NC(=O)CN[C@@H](C)c2ccc(Cl)cc2Cl)c1. The van der Waals surface area contributed by atoms with Crippen molar-refractivity contribution in [1.82, 2.24) is 5.32 Å². The van der Waals surface area contributed by atoms with Crippen molar-refractivity contribution < 1.29 is 14.3 Å². The van der Waals surface area contributed by atoms with Crippen molar-refractivity contribution in [2.24, 2.45) is 0 Å². The van der Waals surface area contributed by atoms with Crippen LogP contribution in [-0.2, 0) is 4.79 Å². The van der Waals surface area contributed by atoms with Crippen molar-refractivity contribution in [1.29, 1.82) is 0 Å². The molecule has 0 heterocycles. The van der Waals surface area contributed by atoms with Gasteiger partial charge in [0.2, 0.25) is 5.91 Å². The normalized spacial score (nSPS) is 11.7. The van der Waals surface area contributed by atoms with E-state index in [0.717, 1.165) is 5.56 Å². The summed E-state index contributed by atoms with van der Waals surface area (Å²) in [5.74, 6) is 0.983. The van der Waals surface area contributed by atoms with Gasteiger partial charge >= 0.3 is 0 Å². The molecule has 7 heteroatoms. The van der Waals surface area contributed by atoms with Crippen molar-refractivity contribution in [2.45, 2.75) is 13.0 Å². The van der Waals surface area contributed by atoms with Crippen LogP contribution in [0.1, 0.15) is 18.5 Å². The molecule has 0 radical (unpaired) electrons. The monoisotopic (exact) mass is 382 g/mol. The highest BCUT2D eigenvalue weighted by atomic mass is 35.5. The van der Waals surface area contributed by atoms with Crippen LogP contribution in [-0.4, -0.2) is 26.7 Å². The topological polar surface area (TPSA) is 59.6 Å². The standard InChI is InChI=1S/C18H20Cl2N2O3/c1-11(14-6-4-12(19)8-15(14)20)21-10-18(23)22-16-9-13(24-2)5-7-17(16)25-3/h4-9,11,21H,10H2,1-3H3,(H,22,23)/t11-/m0/s1. The summed E-state index contributed by atoms with van der Waals surface area (Å²) in [6, 6.07) is 10.4. The van der Waals surface area contributed by atoms with Crippen LogP contribution in [0.15, 0.2) is 36.4 Å². The second-order valence-corrected chi connectivity index (χ2v) is 6.23. The van der Waals surface area contributed by atoms with Gasteiger partial charge in [0.15, 0.2) is 0 Å². The third-order valence-electron chi connectivity index (χ3n) is 3.68. The van der Waals surface area contributed by atoms with E-state index in [1.807, 2.05) is 13.0 Å². The first-order chi connectivity index (χ1) is 11.9. The number of benzene rings is 2. The lowest BCUT2D eigenvalue weighted by Gasteiger charge is -2.16. The van der Waals surface area contributed by atoms with Gasteiger partial charge in [-0.2, -0.15) is 0 Å². The Labute approximate surface area is 157 Å². The number of hydrogen-bond acceptors (Lipinski definition) is 4. The molecule has 5 nitrogen and oxygen atoms in total. The predicted octanol–water partition coefficient (Wildman–Crippen LogP) is 4.30. The predicted molar refractivity (Wildman–Crippen MR) is 101 cm³/mol. The van der Waals surface area contributed by atoms with Crippen LogP contribution in [0.2, 0.25) is 10.0 Å². The lowest BCUT2D eigenvalue weighted by Crippen LogP contribution is -2.30. The molecule has 134 valence electrons. The summed E-state index contributed by atoms with van der Waals surface area (Å²) in [7, 11) is 3.10. The Hall–Kier alpha value is -1.95. The molecule has 1 atom stereocenters. The lowest BCUT2D eigenvalue weighted by molar-refractivity contribution is -0.115. The quantitative estimate of drug-likeness (QED) is 0.749. The molecule has 0 aliphatic carbocycles. The van der Waals surface area contributed by atoms with Crippen molar-refractivity contribution in [3.63, 3.8) is 0 Å². The average Bonchev–Trinajstić information content (AvgIpc) is 2.59. The van der Waals surface area contributed by atoms with Crippen LogP contribution in [0.25, 0.3) is 0 Å². The molecule has 0 unspecified atom stereocenters. The van der Waals surface area contributed by atoms with E-state index in [4.69, 9.17) is 32.7 Å². The molecule has 2 aromatic rings. The number of halogens is 2. The van der Waals surface area contributed by atoms with Gasteiger partial charge in [0, 0.05) is 22.2 Å². The first kappa shape index (κ1) is 19.4. The molecule has 1 amide bonds. The number of ether oxygens (including phenoxy) is 2. The molecule has 0 bridgehead atoms. The van der Waals surface area contributed by atoms with Crippen molar-refractivity contribution in [2.75, 3.05) is 26.1 Å². The highest BCUT2D eigenvalue weighted by Gasteiger charge is 2.13. The Kier molecular flexibility index (Phi) is 6.93. The fourth-order valence-corrected chi connectivity index (χ4v) is 2.89. The van der Waals surface area contributed by atoms with Gasteiger partial charge in [-0.15, -0.1) is 0 Å². The highest BCUT2D eigenvalue weighted by Crippen LogP contribution is 2.29. The molecule has 2 rings (SSSR count). The molecule has 0 fully saturated rings. The number of amides is 1. The van der Waals surface area contributed by atoms with Crippen molar-refractivity contribution in [3.8, 4) is 11.5 Å². The number of carbonyl (C=O) groups is 1. The van der Waals surface area contributed by atoms with Gasteiger partial charge in [0.25, 0.3) is 0 Å². The van der Waals surface area contributed by atoms with Crippen LogP contribution in [0.4, 0.5) is 5.69 Å². The van der Waals surface area contributed by atoms with Crippen LogP contribution in [0, 0.1) is 0 Å². The number of methoxy groups -OCH3 is 2. The lowest BCUT2D eigenvalue weighted by atomic mass is 10.1. The second kappa shape index (κ2) is 8.94. The maximum Gasteiger partial charge on any atom is 0.238 e. The molecule has 25 heavy (non-hydrogen) atoms. The third kappa shape index (κ3) is 5.26. The van der Waals surface area contributed by atoms with Gasteiger partial charge in [-0.25, -0.2) is 0 Å². The molecular weight excluding hydrogens is 363 g/mol. The van der Waals surface area contributed by atoms with Gasteiger partial charge < -0.3 is 20.1 Å². The highest BCUT2D eigenvalue weighted by molar-refractivity contribution is 6.35. The summed E-state index contributed by atoms with van der Waals surface area (Å²) in [5, 5.41) is 7.07. The molecule has 0 spiro atoms. The first-order valence-electron chi connectivity index (χ1n) is 7.64. The van der Waals surface area contributed by atoms with Gasteiger partial charge in [-0.3, -0.25) is 4.79 Å². The maximum atomic E-state index is 12.2. The Morgan fingerprint density at radius 3 is 2.52 bits per heavy atom. The van der Waals surface area contributed by atoms with Crippen LogP contribution in [0.3, 0.4) is 0 Å². The van der Waals surface area contributed by atoms with E-state index in [9.17, 15) is 4.79 Å². The molecule has 0 aromatic heterocycles. The molecule has 0 aliphatic heterocycles. The zero-order valence-corrected chi connectivity index (χ0v) is 15.7. The molecule has 0 saturated heterocycles. The molecule has 0 saturated carbocycles. The first-order valence-corrected chi connectivity index (χ1v) is 8.40. The Morgan fingerprint density at radius 1 is 1.12 bits per heavy atom. The minimum atomic E-state index is -0.205. The van der Waals surface area contributed by atoms with Gasteiger partial charge in [-0.1, -0.05) is 29.3 Å². The van der Waals surface area contributed by atoms with E-state index in [-0.39, 0.29) is 18.5 Å². The maximum absolute atomic E-state index is 12.2. The average molecular weight is 383 g/mol. The van der Waals surface area contributed by atoms with E-state index >= 15 is 0 Å². The van der Waals surface area contributed by atoms with E-state index in [1.165, 1.54) is 0 Å². The van der Waals surface area contributed by atoms with E-state index in [0.29, 0.717) is 27.2 Å². The number of anilines is 1. The van der Waals surface area contributed by atoms with E-state index in [2.05, 4.69) is 10.6 Å². The molecular formula is C18H20Cl2N2O3. The van der Waals surface area contributed by atoms with Crippen molar-refractivity contribution >= 4 is 34.8 Å². The summed E-state index contributed by atoms with van der Waals surface area (Å²) in [5.41, 5.74) is 1.42. The largest absolute Gasteiger partial charge is 0.497 e. The number of carbonyl (C=O) groups excluding carboxylic acids is 1. The Balaban J connectivity index is 1.98. The van der Waals surface area contributed by atoms with E-state index < -0.39 is 0 Å². The zero-order chi connectivity index (χ0) is 18.4. The number of nitrogens with one attached hydrogen (secondary N) is 2. The number of rotatable bonds is 7. The number of hydrogen-bond donors (Lipinski definition) is 2. The Morgan fingerprint density at radius 2 is 1.88 bits per heavy atom. The van der Waals surface area contributed by atoms with Gasteiger partial charge in [0.05, 0.1) is 26.5 Å². The minimum Gasteiger partial charge on any atom is -0.497 e. The van der Waals surface area contributed by atoms with Crippen molar-refractivity contribution in [3.05, 3.63) is 52.0 Å². The summed E-state index contributed by atoms with van der Waals surface area (Å²) < 4.78 is 10.4. The van der Waals surface area contributed by atoms with Crippen LogP contribution in [0.5, 0.6) is 11.5 Å². The smallest absolute Gasteiger partial charge is 0.238 e. The van der Waals surface area contributed by atoms with Gasteiger partial charge in [-0.05, 0) is 36.8 Å². The summed E-state index contributed by atoms with van der Waals surface area (Å²) in [6.45, 7) is 2.04.